The number of esters is 3. The summed E-state index contributed by atoms with van der Waals surface area (Å²) < 4.78 is 16.7. The molecule has 56 heavy (non-hydrogen) atoms. The summed E-state index contributed by atoms with van der Waals surface area (Å²) in [4.78, 5) is 37.8. The van der Waals surface area contributed by atoms with Gasteiger partial charge in [-0.15, -0.1) is 0 Å². The topological polar surface area (TPSA) is 78.9 Å². The highest BCUT2D eigenvalue weighted by molar-refractivity contribution is 5.71. The van der Waals surface area contributed by atoms with Gasteiger partial charge in [0.1, 0.15) is 13.2 Å². The minimum Gasteiger partial charge on any atom is -0.462 e. The quantitative estimate of drug-likeness (QED) is 0.0265. The Morgan fingerprint density at radius 1 is 0.357 bits per heavy atom. The summed E-state index contributed by atoms with van der Waals surface area (Å²) >= 11 is 0. The van der Waals surface area contributed by atoms with Crippen molar-refractivity contribution in [2.45, 2.75) is 252 Å². The molecule has 0 saturated heterocycles. The molecule has 0 heterocycles. The third-order valence-electron chi connectivity index (χ3n) is 10.3. The zero-order chi connectivity index (χ0) is 40.8. The lowest BCUT2D eigenvalue weighted by Gasteiger charge is -2.18. The highest BCUT2D eigenvalue weighted by atomic mass is 16.6. The third-order valence-corrected chi connectivity index (χ3v) is 10.3. The Balaban J connectivity index is 4.35. The van der Waals surface area contributed by atoms with Crippen LogP contribution >= 0.6 is 0 Å². The molecular formula is C50H90O6. The molecule has 0 fully saturated rings. The number of ether oxygens (including phenoxy) is 3. The smallest absolute Gasteiger partial charge is 0.306 e. The molecular weight excluding hydrogens is 697 g/mol. The van der Waals surface area contributed by atoms with Crippen molar-refractivity contribution in [3.05, 3.63) is 36.5 Å². The van der Waals surface area contributed by atoms with Crippen molar-refractivity contribution >= 4 is 17.9 Å². The highest BCUT2D eigenvalue weighted by Crippen LogP contribution is 2.15. The van der Waals surface area contributed by atoms with Crippen LogP contribution in [0.5, 0.6) is 0 Å². The molecule has 0 aliphatic carbocycles. The van der Waals surface area contributed by atoms with E-state index >= 15 is 0 Å². The Labute approximate surface area is 346 Å². The van der Waals surface area contributed by atoms with Gasteiger partial charge in [0.25, 0.3) is 0 Å². The van der Waals surface area contributed by atoms with Crippen molar-refractivity contribution < 1.29 is 28.6 Å². The molecule has 6 nitrogen and oxygen atoms in total. The van der Waals surface area contributed by atoms with E-state index in [0.717, 1.165) is 103 Å². The van der Waals surface area contributed by atoms with E-state index in [1.165, 1.54) is 103 Å². The van der Waals surface area contributed by atoms with E-state index in [0.29, 0.717) is 19.3 Å². The van der Waals surface area contributed by atoms with Crippen LogP contribution in [0.3, 0.4) is 0 Å². The molecule has 1 unspecified atom stereocenters. The normalized spacial score (nSPS) is 12.3. The molecule has 6 heteroatoms. The van der Waals surface area contributed by atoms with Crippen LogP contribution < -0.4 is 0 Å². The van der Waals surface area contributed by atoms with Gasteiger partial charge < -0.3 is 14.2 Å². The van der Waals surface area contributed by atoms with Crippen molar-refractivity contribution in [2.75, 3.05) is 13.2 Å². The number of rotatable bonds is 43. The summed E-state index contributed by atoms with van der Waals surface area (Å²) in [6, 6.07) is 0. The van der Waals surface area contributed by atoms with Gasteiger partial charge in [-0.25, -0.2) is 0 Å². The van der Waals surface area contributed by atoms with Gasteiger partial charge in [0, 0.05) is 19.3 Å². The lowest BCUT2D eigenvalue weighted by atomic mass is 10.0. The first-order valence-electron chi connectivity index (χ1n) is 24.0. The fourth-order valence-electron chi connectivity index (χ4n) is 6.72. The molecule has 0 aliphatic heterocycles. The molecule has 0 N–H and O–H groups in total. The van der Waals surface area contributed by atoms with E-state index in [4.69, 9.17) is 14.2 Å². The maximum atomic E-state index is 12.7. The third kappa shape index (κ3) is 42.8. The lowest BCUT2D eigenvalue weighted by molar-refractivity contribution is -0.167. The second kappa shape index (κ2) is 45.3. The minimum atomic E-state index is -0.777. The average molecular weight is 787 g/mol. The predicted molar refractivity (Wildman–Crippen MR) is 238 cm³/mol. The van der Waals surface area contributed by atoms with Crippen LogP contribution in [0.25, 0.3) is 0 Å². The van der Waals surface area contributed by atoms with Gasteiger partial charge in [-0.3, -0.25) is 14.4 Å². The number of hydrogen-bond donors (Lipinski definition) is 0. The number of carbonyl (C=O) groups excluding carboxylic acids is 3. The molecule has 0 aromatic rings. The number of carbonyl (C=O) groups is 3. The molecule has 1 atom stereocenters. The van der Waals surface area contributed by atoms with Gasteiger partial charge in [0.15, 0.2) is 6.10 Å². The van der Waals surface area contributed by atoms with E-state index in [1.807, 2.05) is 0 Å². The second-order valence-corrected chi connectivity index (χ2v) is 16.0. The molecule has 0 bridgehead atoms. The van der Waals surface area contributed by atoms with Crippen LogP contribution in [-0.4, -0.2) is 37.2 Å². The molecule has 0 saturated carbocycles. The van der Waals surface area contributed by atoms with Crippen LogP contribution in [0.1, 0.15) is 245 Å². The molecule has 326 valence electrons. The van der Waals surface area contributed by atoms with Crippen LogP contribution in [0.15, 0.2) is 36.5 Å². The van der Waals surface area contributed by atoms with Gasteiger partial charge in [-0.05, 0) is 64.2 Å². The standard InChI is InChI=1S/C50H90O6/c1-4-7-10-13-16-19-22-24-25-27-28-31-34-37-40-43-49(52)55-46-47(45-54-48(51)42-39-36-33-30-21-18-15-12-9-6-3)56-50(53)44-41-38-35-32-29-26-23-20-17-14-11-8-5-2/h11-12,14-15,20,23,47H,4-10,13,16-19,21-22,24-46H2,1-3H3/b14-11-,15-12-,23-20-. The monoisotopic (exact) mass is 787 g/mol. The summed E-state index contributed by atoms with van der Waals surface area (Å²) in [6.07, 6.45) is 51.3. The Morgan fingerprint density at radius 3 is 1.09 bits per heavy atom. The van der Waals surface area contributed by atoms with Crippen molar-refractivity contribution in [1.82, 2.24) is 0 Å². The van der Waals surface area contributed by atoms with Gasteiger partial charge in [-0.2, -0.15) is 0 Å². The van der Waals surface area contributed by atoms with Crippen molar-refractivity contribution in [1.29, 1.82) is 0 Å². The van der Waals surface area contributed by atoms with Crippen molar-refractivity contribution in [2.24, 2.45) is 0 Å². The first kappa shape index (κ1) is 53.6. The Morgan fingerprint density at radius 2 is 0.679 bits per heavy atom. The Hall–Kier alpha value is -2.37. The van der Waals surface area contributed by atoms with E-state index in [-0.39, 0.29) is 31.1 Å². The van der Waals surface area contributed by atoms with Crippen LogP contribution in [0.2, 0.25) is 0 Å². The summed E-state index contributed by atoms with van der Waals surface area (Å²) in [5.74, 6) is -0.899. The van der Waals surface area contributed by atoms with E-state index in [1.54, 1.807) is 0 Å². The fraction of sp³-hybridized carbons (Fsp3) is 0.820. The molecule has 0 aliphatic rings. The second-order valence-electron chi connectivity index (χ2n) is 16.0. The van der Waals surface area contributed by atoms with E-state index in [9.17, 15) is 14.4 Å². The maximum absolute atomic E-state index is 12.7. The number of hydrogen-bond acceptors (Lipinski definition) is 6. The summed E-state index contributed by atoms with van der Waals surface area (Å²) in [7, 11) is 0. The van der Waals surface area contributed by atoms with Crippen molar-refractivity contribution in [3.63, 3.8) is 0 Å². The largest absolute Gasteiger partial charge is 0.462 e. The fourth-order valence-corrected chi connectivity index (χ4v) is 6.72. The molecule has 0 spiro atoms. The summed E-state index contributed by atoms with van der Waals surface area (Å²) in [5, 5.41) is 0. The first-order valence-corrected chi connectivity index (χ1v) is 24.0. The maximum Gasteiger partial charge on any atom is 0.306 e. The SMILES string of the molecule is CCC/C=C\C/C=C\CCCCCCCC(=O)OC(COC(=O)CCCCCCC/C=C\CCC)COC(=O)CCCCCCCCCCCCCCCCC. The first-order chi connectivity index (χ1) is 27.5. The van der Waals surface area contributed by atoms with Crippen LogP contribution in [0, 0.1) is 0 Å². The Bertz CT molecular complexity index is 953. The van der Waals surface area contributed by atoms with E-state index < -0.39 is 6.10 Å². The lowest BCUT2D eigenvalue weighted by Crippen LogP contribution is -2.30. The number of allylic oxidation sites excluding steroid dienone is 6. The van der Waals surface area contributed by atoms with Gasteiger partial charge in [0.05, 0.1) is 0 Å². The van der Waals surface area contributed by atoms with E-state index in [2.05, 4.69) is 57.2 Å². The van der Waals surface area contributed by atoms with Gasteiger partial charge in [-0.1, -0.05) is 198 Å². The van der Waals surface area contributed by atoms with Crippen LogP contribution in [0.4, 0.5) is 0 Å². The van der Waals surface area contributed by atoms with Crippen molar-refractivity contribution in [3.8, 4) is 0 Å². The van der Waals surface area contributed by atoms with Gasteiger partial charge >= 0.3 is 17.9 Å². The molecule has 0 aromatic heterocycles. The summed E-state index contributed by atoms with van der Waals surface area (Å²) in [6.45, 7) is 6.50. The zero-order valence-electron chi connectivity index (χ0n) is 37.2. The predicted octanol–water partition coefficient (Wildman–Crippen LogP) is 15.4. The summed E-state index contributed by atoms with van der Waals surface area (Å²) in [5.41, 5.74) is 0. The van der Waals surface area contributed by atoms with Gasteiger partial charge in [0.2, 0.25) is 0 Å². The zero-order valence-corrected chi connectivity index (χ0v) is 37.2. The molecule has 0 radical (unpaired) electrons. The minimum absolute atomic E-state index is 0.0782. The molecule has 0 amide bonds. The molecule has 0 aromatic carbocycles. The highest BCUT2D eigenvalue weighted by Gasteiger charge is 2.19. The molecule has 0 rings (SSSR count). The van der Waals surface area contributed by atoms with Crippen LogP contribution in [-0.2, 0) is 28.6 Å². The number of unbranched alkanes of at least 4 members (excludes halogenated alkanes) is 26. The average Bonchev–Trinajstić information content (AvgIpc) is 3.19. The Kier molecular flexibility index (Phi) is 43.4.